The summed E-state index contributed by atoms with van der Waals surface area (Å²) in [6, 6.07) is 3.21. The zero-order valence-electron chi connectivity index (χ0n) is 10.1. The van der Waals surface area contributed by atoms with E-state index in [4.69, 9.17) is 38.8 Å². The van der Waals surface area contributed by atoms with E-state index in [1.165, 1.54) is 12.1 Å². The number of aliphatic carboxylic acids is 1. The van der Waals surface area contributed by atoms with Crippen molar-refractivity contribution in [1.82, 2.24) is 0 Å². The van der Waals surface area contributed by atoms with Crippen molar-refractivity contribution in [3.63, 3.8) is 0 Å². The molecule has 8 heteroatoms. The number of rotatable bonds is 6. The maximum atomic E-state index is 11.7. The van der Waals surface area contributed by atoms with Gasteiger partial charge in [0, 0.05) is 0 Å². The summed E-state index contributed by atoms with van der Waals surface area (Å²) >= 11 is 11.6. The Balaban J connectivity index is 2.64. The molecule has 20 heavy (non-hydrogen) atoms. The molecule has 6 nitrogen and oxygen atoms in total. The molecule has 1 rings (SSSR count). The monoisotopic (exact) mass is 319 g/mol. The lowest BCUT2D eigenvalue weighted by Crippen LogP contribution is -2.36. The van der Waals surface area contributed by atoms with Gasteiger partial charge in [0.2, 0.25) is 0 Å². The summed E-state index contributed by atoms with van der Waals surface area (Å²) in [4.78, 5) is 33.6. The molecule has 0 heterocycles. The fourth-order valence-electron chi connectivity index (χ4n) is 1.31. The molecular weight excluding hydrogens is 309 g/mol. The summed E-state index contributed by atoms with van der Waals surface area (Å²) < 4.78 is 4.72. The van der Waals surface area contributed by atoms with Gasteiger partial charge in [-0.3, -0.25) is 9.59 Å². The van der Waals surface area contributed by atoms with Gasteiger partial charge in [0.25, 0.3) is 0 Å². The molecule has 0 amide bonds. The second kappa shape index (κ2) is 7.23. The number of carbonyl (C=O) groups excluding carboxylic acids is 2. The predicted octanol–water partition coefficient (Wildman–Crippen LogP) is 1.52. The van der Waals surface area contributed by atoms with Gasteiger partial charge in [0.15, 0.2) is 12.4 Å². The molecule has 1 atom stereocenters. The highest BCUT2D eigenvalue weighted by Crippen LogP contribution is 2.24. The predicted molar refractivity (Wildman–Crippen MR) is 72.0 cm³/mol. The maximum Gasteiger partial charge on any atom is 0.341 e. The number of hydrogen-bond donors (Lipinski definition) is 2. The number of ether oxygens (including phenoxy) is 1. The van der Waals surface area contributed by atoms with Crippen LogP contribution >= 0.6 is 23.2 Å². The molecule has 108 valence electrons. The normalized spacial score (nSPS) is 11.8. The van der Waals surface area contributed by atoms with E-state index >= 15 is 0 Å². The molecule has 0 saturated heterocycles. The van der Waals surface area contributed by atoms with E-state index in [2.05, 4.69) is 0 Å². The van der Waals surface area contributed by atoms with E-state index in [1.54, 1.807) is 6.07 Å². The van der Waals surface area contributed by atoms with Crippen molar-refractivity contribution in [3.8, 4) is 0 Å². The van der Waals surface area contributed by atoms with Crippen LogP contribution in [-0.4, -0.2) is 35.5 Å². The zero-order chi connectivity index (χ0) is 15.3. The van der Waals surface area contributed by atoms with Crippen molar-refractivity contribution >= 4 is 40.9 Å². The average molecular weight is 320 g/mol. The molecule has 0 radical (unpaired) electrons. The quantitative estimate of drug-likeness (QED) is 0.770. The Kier molecular flexibility index (Phi) is 5.94. The minimum atomic E-state index is -1.23. The Hall–Kier alpha value is -1.63. The molecule has 0 spiro atoms. The number of halogens is 2. The molecular formula is C12H11Cl2NO5. The fourth-order valence-corrected chi connectivity index (χ4v) is 1.86. The summed E-state index contributed by atoms with van der Waals surface area (Å²) in [5.41, 5.74) is 5.27. The first-order valence-corrected chi connectivity index (χ1v) is 6.19. The van der Waals surface area contributed by atoms with E-state index in [-0.39, 0.29) is 15.6 Å². The van der Waals surface area contributed by atoms with E-state index in [1.807, 2.05) is 0 Å². The third-order valence-electron chi connectivity index (χ3n) is 2.32. The van der Waals surface area contributed by atoms with Crippen LogP contribution in [0.5, 0.6) is 0 Å². The second-order valence-electron chi connectivity index (χ2n) is 3.84. The molecule has 1 aromatic rings. The van der Waals surface area contributed by atoms with Crippen LogP contribution in [0.25, 0.3) is 0 Å². The lowest BCUT2D eigenvalue weighted by atomic mass is 10.1. The van der Waals surface area contributed by atoms with Gasteiger partial charge < -0.3 is 15.6 Å². The summed E-state index contributed by atoms with van der Waals surface area (Å²) in [6.07, 6.45) is -0.538. The topological polar surface area (TPSA) is 107 Å². The van der Waals surface area contributed by atoms with Crippen LogP contribution in [0.15, 0.2) is 18.2 Å². The van der Waals surface area contributed by atoms with Gasteiger partial charge in [0.1, 0.15) is 0 Å². The fraction of sp³-hybridized carbons (Fsp3) is 0.250. The van der Waals surface area contributed by atoms with E-state index < -0.39 is 36.8 Å². The average Bonchev–Trinajstić information content (AvgIpc) is 2.34. The van der Waals surface area contributed by atoms with Gasteiger partial charge in [-0.25, -0.2) is 4.79 Å². The molecule has 0 fully saturated rings. The molecule has 0 bridgehead atoms. The molecule has 0 aliphatic heterocycles. The number of carbonyl (C=O) groups is 3. The van der Waals surface area contributed by atoms with Crippen LogP contribution in [0.3, 0.4) is 0 Å². The molecule has 3 N–H and O–H groups in total. The number of hydrogen-bond acceptors (Lipinski definition) is 5. The molecule has 0 aliphatic rings. The minimum absolute atomic E-state index is 0.0598. The first kappa shape index (κ1) is 16.4. The molecule has 0 aromatic heterocycles. The number of Topliss-reactive ketones (excluding diaryl/α,β-unsaturated/α-hetero) is 1. The molecule has 0 aliphatic carbocycles. The Morgan fingerprint density at radius 1 is 1.25 bits per heavy atom. The van der Waals surface area contributed by atoms with Crippen molar-refractivity contribution in [2.24, 2.45) is 5.73 Å². The number of carboxylic acid groups (broad SMARTS) is 1. The first-order valence-electron chi connectivity index (χ1n) is 5.44. The third kappa shape index (κ3) is 4.48. The van der Waals surface area contributed by atoms with Crippen LogP contribution in [0.2, 0.25) is 10.0 Å². The number of ketones is 1. The van der Waals surface area contributed by atoms with Gasteiger partial charge in [-0.2, -0.15) is 0 Å². The molecule has 1 unspecified atom stereocenters. The van der Waals surface area contributed by atoms with Crippen molar-refractivity contribution in [2.45, 2.75) is 12.5 Å². The van der Waals surface area contributed by atoms with Gasteiger partial charge in [-0.1, -0.05) is 29.3 Å². The van der Waals surface area contributed by atoms with E-state index in [0.717, 1.165) is 0 Å². The smallest absolute Gasteiger partial charge is 0.341 e. The summed E-state index contributed by atoms with van der Waals surface area (Å²) in [5, 5.41) is 8.66. The standard InChI is InChI=1S/C12H11Cl2NO5/c13-6-2-1-3-7(14)11(6)12(19)20-5-9(16)8(15)4-10(17)18/h1-3,8H,4-5,15H2,(H,17,18). The van der Waals surface area contributed by atoms with Crippen LogP contribution in [-0.2, 0) is 14.3 Å². The number of benzene rings is 1. The van der Waals surface area contributed by atoms with Crippen molar-refractivity contribution < 1.29 is 24.2 Å². The first-order chi connectivity index (χ1) is 9.32. The summed E-state index contributed by atoms with van der Waals surface area (Å²) in [5.74, 6) is -2.80. The minimum Gasteiger partial charge on any atom is -0.481 e. The van der Waals surface area contributed by atoms with Crippen LogP contribution in [0, 0.1) is 0 Å². The molecule has 1 aromatic carbocycles. The van der Waals surface area contributed by atoms with Crippen molar-refractivity contribution in [1.29, 1.82) is 0 Å². The second-order valence-corrected chi connectivity index (χ2v) is 4.66. The zero-order valence-corrected chi connectivity index (χ0v) is 11.6. The Bertz CT molecular complexity index is 526. The molecule has 0 saturated carbocycles. The van der Waals surface area contributed by atoms with Crippen molar-refractivity contribution in [3.05, 3.63) is 33.8 Å². The largest absolute Gasteiger partial charge is 0.481 e. The third-order valence-corrected chi connectivity index (χ3v) is 2.95. The number of nitrogens with two attached hydrogens (primary N) is 1. The Morgan fingerprint density at radius 3 is 2.30 bits per heavy atom. The van der Waals surface area contributed by atoms with E-state index in [0.29, 0.717) is 0 Å². The lowest BCUT2D eigenvalue weighted by Gasteiger charge is -2.10. The van der Waals surface area contributed by atoms with Gasteiger partial charge in [0.05, 0.1) is 28.1 Å². The SMILES string of the molecule is NC(CC(=O)O)C(=O)COC(=O)c1c(Cl)cccc1Cl. The number of carboxylic acids is 1. The highest BCUT2D eigenvalue weighted by Gasteiger charge is 2.21. The van der Waals surface area contributed by atoms with Crippen LogP contribution < -0.4 is 5.73 Å². The van der Waals surface area contributed by atoms with Crippen LogP contribution in [0.1, 0.15) is 16.8 Å². The van der Waals surface area contributed by atoms with Gasteiger partial charge in [-0.15, -0.1) is 0 Å². The maximum absolute atomic E-state index is 11.7. The van der Waals surface area contributed by atoms with Gasteiger partial charge >= 0.3 is 11.9 Å². The van der Waals surface area contributed by atoms with Crippen molar-refractivity contribution in [2.75, 3.05) is 6.61 Å². The summed E-state index contributed by atoms with van der Waals surface area (Å²) in [6.45, 7) is -0.644. The summed E-state index contributed by atoms with van der Waals surface area (Å²) in [7, 11) is 0. The Morgan fingerprint density at radius 2 is 1.80 bits per heavy atom. The highest BCUT2D eigenvalue weighted by atomic mass is 35.5. The van der Waals surface area contributed by atoms with Crippen LogP contribution in [0.4, 0.5) is 0 Å². The Labute approximate surface area is 124 Å². The van der Waals surface area contributed by atoms with E-state index in [9.17, 15) is 14.4 Å². The van der Waals surface area contributed by atoms with Gasteiger partial charge in [-0.05, 0) is 12.1 Å². The lowest BCUT2D eigenvalue weighted by molar-refractivity contribution is -0.139. The highest BCUT2D eigenvalue weighted by molar-refractivity contribution is 6.39. The number of esters is 1.